The molecule has 0 fully saturated rings. The first-order chi connectivity index (χ1) is 8.34. The first-order valence-electron chi connectivity index (χ1n) is 5.36. The third-order valence-corrected chi connectivity index (χ3v) is 2.28. The van der Waals surface area contributed by atoms with E-state index in [1.54, 1.807) is 6.92 Å². The molecule has 0 aromatic heterocycles. The van der Waals surface area contributed by atoms with E-state index in [0.29, 0.717) is 6.07 Å². The lowest BCUT2D eigenvalue weighted by Crippen LogP contribution is -2.12. The Labute approximate surface area is 102 Å². The molecule has 0 amide bonds. The maximum Gasteiger partial charge on any atom is 0.416 e. The van der Waals surface area contributed by atoms with Crippen molar-refractivity contribution in [1.82, 2.24) is 0 Å². The summed E-state index contributed by atoms with van der Waals surface area (Å²) < 4.78 is 55.4. The SMILES string of the molecule is CCOC(=O)CCc1cc(F)ccc1C(F)(F)F. The normalized spacial score (nSPS) is 11.4. The Morgan fingerprint density at radius 1 is 1.33 bits per heavy atom. The van der Waals surface area contributed by atoms with Crippen LogP contribution in [0.1, 0.15) is 24.5 Å². The summed E-state index contributed by atoms with van der Waals surface area (Å²) in [6.07, 6.45) is -4.97. The number of halogens is 4. The lowest BCUT2D eigenvalue weighted by Gasteiger charge is -2.12. The standard InChI is InChI=1S/C12H12F4O2/c1-2-18-11(17)6-3-8-7-9(13)4-5-10(8)12(14,15)16/h4-5,7H,2-3,6H2,1H3. The molecule has 2 nitrogen and oxygen atoms in total. The maximum atomic E-state index is 12.9. The molecule has 0 aliphatic carbocycles. The Kier molecular flexibility index (Phi) is 4.69. The van der Waals surface area contributed by atoms with Crippen LogP contribution in [-0.2, 0) is 22.1 Å². The van der Waals surface area contributed by atoms with Gasteiger partial charge in [0.15, 0.2) is 0 Å². The molecule has 0 atom stereocenters. The van der Waals surface area contributed by atoms with Crippen molar-refractivity contribution in [2.45, 2.75) is 25.9 Å². The maximum absolute atomic E-state index is 12.9. The van der Waals surface area contributed by atoms with Crippen LogP contribution in [-0.4, -0.2) is 12.6 Å². The van der Waals surface area contributed by atoms with Crippen LogP contribution in [0.4, 0.5) is 17.6 Å². The molecule has 0 N–H and O–H groups in total. The Balaban J connectivity index is 2.86. The number of carbonyl (C=O) groups excluding carboxylic acids is 1. The Morgan fingerprint density at radius 3 is 2.56 bits per heavy atom. The number of ether oxygens (including phenoxy) is 1. The molecule has 0 aliphatic rings. The molecule has 0 radical (unpaired) electrons. The number of carbonyl (C=O) groups is 1. The van der Waals surface area contributed by atoms with Crippen molar-refractivity contribution < 1.29 is 27.1 Å². The Hall–Kier alpha value is -1.59. The molecule has 0 saturated carbocycles. The molecule has 0 saturated heterocycles. The number of hydrogen-bond acceptors (Lipinski definition) is 2. The van der Waals surface area contributed by atoms with Crippen molar-refractivity contribution in [2.24, 2.45) is 0 Å². The second kappa shape index (κ2) is 5.84. The summed E-state index contributed by atoms with van der Waals surface area (Å²) >= 11 is 0. The fourth-order valence-corrected chi connectivity index (χ4v) is 1.52. The van der Waals surface area contributed by atoms with Gasteiger partial charge in [-0.25, -0.2) is 4.39 Å². The molecule has 0 bridgehead atoms. The van der Waals surface area contributed by atoms with E-state index in [-0.39, 0.29) is 25.0 Å². The van der Waals surface area contributed by atoms with Gasteiger partial charge in [-0.2, -0.15) is 13.2 Å². The van der Waals surface area contributed by atoms with Gasteiger partial charge in [-0.05, 0) is 37.1 Å². The molecule has 0 unspecified atom stereocenters. The Bertz CT molecular complexity index is 427. The van der Waals surface area contributed by atoms with Gasteiger partial charge >= 0.3 is 12.1 Å². The van der Waals surface area contributed by atoms with Crippen molar-refractivity contribution in [3.05, 3.63) is 35.1 Å². The van der Waals surface area contributed by atoms with E-state index in [0.717, 1.165) is 12.1 Å². The summed E-state index contributed by atoms with van der Waals surface area (Å²) in [5.41, 5.74) is -1.16. The van der Waals surface area contributed by atoms with Crippen LogP contribution in [0.25, 0.3) is 0 Å². The quantitative estimate of drug-likeness (QED) is 0.616. The van der Waals surface area contributed by atoms with E-state index in [1.165, 1.54) is 0 Å². The van der Waals surface area contributed by atoms with Crippen molar-refractivity contribution in [2.75, 3.05) is 6.61 Å². The van der Waals surface area contributed by atoms with Gasteiger partial charge < -0.3 is 4.74 Å². The minimum Gasteiger partial charge on any atom is -0.466 e. The van der Waals surface area contributed by atoms with Crippen LogP contribution >= 0.6 is 0 Å². The zero-order chi connectivity index (χ0) is 13.8. The van der Waals surface area contributed by atoms with Gasteiger partial charge in [-0.1, -0.05) is 0 Å². The second-order valence-corrected chi connectivity index (χ2v) is 3.60. The number of aryl methyl sites for hydroxylation is 1. The predicted molar refractivity (Wildman–Crippen MR) is 56.4 cm³/mol. The lowest BCUT2D eigenvalue weighted by molar-refractivity contribution is -0.144. The van der Waals surface area contributed by atoms with E-state index in [9.17, 15) is 22.4 Å². The second-order valence-electron chi connectivity index (χ2n) is 3.60. The molecule has 1 rings (SSSR count). The van der Waals surface area contributed by atoms with Crippen molar-refractivity contribution in [3.63, 3.8) is 0 Å². The summed E-state index contributed by atoms with van der Waals surface area (Å²) in [4.78, 5) is 11.1. The average Bonchev–Trinajstić information content (AvgIpc) is 2.25. The number of rotatable bonds is 4. The third-order valence-electron chi connectivity index (χ3n) is 2.28. The molecule has 6 heteroatoms. The van der Waals surface area contributed by atoms with Crippen LogP contribution in [0.3, 0.4) is 0 Å². The van der Waals surface area contributed by atoms with Gasteiger partial charge in [0.1, 0.15) is 5.82 Å². The van der Waals surface area contributed by atoms with Crippen molar-refractivity contribution in [1.29, 1.82) is 0 Å². The third kappa shape index (κ3) is 4.01. The van der Waals surface area contributed by atoms with Gasteiger partial charge in [-0.15, -0.1) is 0 Å². The number of benzene rings is 1. The van der Waals surface area contributed by atoms with E-state index in [1.807, 2.05) is 0 Å². The van der Waals surface area contributed by atoms with Crippen molar-refractivity contribution in [3.8, 4) is 0 Å². The molecule has 18 heavy (non-hydrogen) atoms. The van der Waals surface area contributed by atoms with E-state index < -0.39 is 23.5 Å². The minimum absolute atomic E-state index is 0.161. The van der Waals surface area contributed by atoms with Gasteiger partial charge in [0, 0.05) is 6.42 Å². The molecule has 0 heterocycles. The first kappa shape index (κ1) is 14.5. The van der Waals surface area contributed by atoms with Gasteiger partial charge in [0.25, 0.3) is 0 Å². The molecular formula is C12H12F4O2. The van der Waals surface area contributed by atoms with Gasteiger partial charge in [-0.3, -0.25) is 4.79 Å². The summed E-state index contributed by atoms with van der Waals surface area (Å²) in [5.74, 6) is -1.36. The van der Waals surface area contributed by atoms with Crippen LogP contribution in [0.5, 0.6) is 0 Å². The highest BCUT2D eigenvalue weighted by atomic mass is 19.4. The largest absolute Gasteiger partial charge is 0.466 e. The molecule has 1 aromatic rings. The van der Waals surface area contributed by atoms with Crippen LogP contribution in [0.15, 0.2) is 18.2 Å². The smallest absolute Gasteiger partial charge is 0.416 e. The highest BCUT2D eigenvalue weighted by molar-refractivity contribution is 5.69. The monoisotopic (exact) mass is 264 g/mol. The molecule has 0 aliphatic heterocycles. The van der Waals surface area contributed by atoms with E-state index in [2.05, 4.69) is 4.74 Å². The molecular weight excluding hydrogens is 252 g/mol. The fourth-order valence-electron chi connectivity index (χ4n) is 1.52. The fraction of sp³-hybridized carbons (Fsp3) is 0.417. The number of hydrogen-bond donors (Lipinski definition) is 0. The lowest BCUT2D eigenvalue weighted by atomic mass is 10.0. The van der Waals surface area contributed by atoms with Crippen LogP contribution in [0.2, 0.25) is 0 Å². The van der Waals surface area contributed by atoms with Gasteiger partial charge in [0.2, 0.25) is 0 Å². The molecule has 1 aromatic carbocycles. The zero-order valence-corrected chi connectivity index (χ0v) is 9.68. The van der Waals surface area contributed by atoms with E-state index in [4.69, 9.17) is 0 Å². The highest BCUT2D eigenvalue weighted by Crippen LogP contribution is 2.32. The van der Waals surface area contributed by atoms with Crippen LogP contribution < -0.4 is 0 Å². The first-order valence-corrected chi connectivity index (χ1v) is 5.36. The predicted octanol–water partition coefficient (Wildman–Crippen LogP) is 3.34. The molecule has 100 valence electrons. The summed E-state index contributed by atoms with van der Waals surface area (Å²) in [5, 5.41) is 0. The van der Waals surface area contributed by atoms with Crippen molar-refractivity contribution >= 4 is 5.97 Å². The van der Waals surface area contributed by atoms with Crippen LogP contribution in [0, 0.1) is 5.82 Å². The van der Waals surface area contributed by atoms with Gasteiger partial charge in [0.05, 0.1) is 12.2 Å². The number of esters is 1. The average molecular weight is 264 g/mol. The highest BCUT2D eigenvalue weighted by Gasteiger charge is 2.33. The minimum atomic E-state index is -4.56. The summed E-state index contributed by atoms with van der Waals surface area (Å²) in [6.45, 7) is 1.76. The number of alkyl halides is 3. The summed E-state index contributed by atoms with van der Waals surface area (Å²) in [6, 6.07) is 2.22. The summed E-state index contributed by atoms with van der Waals surface area (Å²) in [7, 11) is 0. The Morgan fingerprint density at radius 2 is 2.00 bits per heavy atom. The zero-order valence-electron chi connectivity index (χ0n) is 9.68. The van der Waals surface area contributed by atoms with E-state index >= 15 is 0 Å². The molecule has 0 spiro atoms. The topological polar surface area (TPSA) is 26.3 Å².